The molecule has 1 saturated heterocycles. The van der Waals surface area contributed by atoms with E-state index in [9.17, 15) is 13.2 Å². The Hall–Kier alpha value is -1.41. The third-order valence-electron chi connectivity index (χ3n) is 5.01. The molecule has 1 saturated carbocycles. The standard InChI is InChI=1S/C15H22N2O5S/c1-9-14(10(2)22-16-9)23(19,20)17-12-7-5-4-6-11(12)8-13(17)15(18)21-3/h11-13H,4-8H2,1-3H3. The van der Waals surface area contributed by atoms with E-state index < -0.39 is 22.0 Å². The maximum Gasteiger partial charge on any atom is 0.324 e. The minimum absolute atomic E-state index is 0.0811. The van der Waals surface area contributed by atoms with Gasteiger partial charge >= 0.3 is 5.97 Å². The number of esters is 1. The highest BCUT2D eigenvalue weighted by Gasteiger charge is 2.52. The summed E-state index contributed by atoms with van der Waals surface area (Å²) in [6, 6.07) is -0.904. The van der Waals surface area contributed by atoms with Crippen molar-refractivity contribution in [2.75, 3.05) is 7.11 Å². The molecule has 0 N–H and O–H groups in total. The number of methoxy groups -OCH3 is 1. The lowest BCUT2D eigenvalue weighted by atomic mass is 9.85. The predicted molar refractivity (Wildman–Crippen MR) is 81.2 cm³/mol. The van der Waals surface area contributed by atoms with Crippen molar-refractivity contribution in [3.8, 4) is 0 Å². The molecule has 0 bridgehead atoms. The van der Waals surface area contributed by atoms with Crippen LogP contribution in [0.3, 0.4) is 0 Å². The Labute approximate surface area is 136 Å². The molecule has 0 spiro atoms. The average molecular weight is 342 g/mol. The van der Waals surface area contributed by atoms with Crippen LogP contribution in [0.1, 0.15) is 43.6 Å². The molecular formula is C15H22N2O5S. The third kappa shape index (κ3) is 2.57. The number of rotatable bonds is 3. The van der Waals surface area contributed by atoms with E-state index in [-0.39, 0.29) is 22.6 Å². The summed E-state index contributed by atoms with van der Waals surface area (Å²) in [6.07, 6.45) is 4.31. The van der Waals surface area contributed by atoms with Gasteiger partial charge in [0.05, 0.1) is 7.11 Å². The Kier molecular flexibility index (Phi) is 4.22. The monoisotopic (exact) mass is 342 g/mol. The van der Waals surface area contributed by atoms with Crippen molar-refractivity contribution in [3.63, 3.8) is 0 Å². The first kappa shape index (κ1) is 16.4. The van der Waals surface area contributed by atoms with E-state index in [1.807, 2.05) is 0 Å². The van der Waals surface area contributed by atoms with Crippen molar-refractivity contribution in [2.24, 2.45) is 5.92 Å². The summed E-state index contributed by atoms with van der Waals surface area (Å²) in [5, 5.41) is 3.75. The van der Waals surface area contributed by atoms with Crippen molar-refractivity contribution >= 4 is 16.0 Å². The van der Waals surface area contributed by atoms with Gasteiger partial charge in [-0.25, -0.2) is 8.42 Å². The molecule has 23 heavy (non-hydrogen) atoms. The molecule has 2 aliphatic rings. The number of carbonyl (C=O) groups excluding carboxylic acids is 1. The Balaban J connectivity index is 2.07. The van der Waals surface area contributed by atoms with Gasteiger partial charge in [0, 0.05) is 6.04 Å². The first-order valence-corrected chi connectivity index (χ1v) is 9.36. The maximum absolute atomic E-state index is 13.2. The highest BCUT2D eigenvalue weighted by Crippen LogP contribution is 2.43. The van der Waals surface area contributed by atoms with Crippen LogP contribution in [0.15, 0.2) is 9.42 Å². The second-order valence-electron chi connectivity index (χ2n) is 6.37. The molecule has 1 aromatic rings. The first-order chi connectivity index (χ1) is 10.9. The van der Waals surface area contributed by atoms with E-state index in [0.717, 1.165) is 25.7 Å². The van der Waals surface area contributed by atoms with E-state index in [2.05, 4.69) is 5.16 Å². The van der Waals surface area contributed by atoms with Crippen LogP contribution in [-0.2, 0) is 19.6 Å². The normalized spacial score (nSPS) is 28.6. The second-order valence-corrected chi connectivity index (χ2v) is 8.15. The molecule has 0 amide bonds. The van der Waals surface area contributed by atoms with E-state index in [4.69, 9.17) is 9.26 Å². The fourth-order valence-corrected chi connectivity index (χ4v) is 6.21. The Morgan fingerprint density at radius 3 is 2.61 bits per heavy atom. The maximum atomic E-state index is 13.2. The number of sulfonamides is 1. The number of aromatic nitrogens is 1. The zero-order valence-corrected chi connectivity index (χ0v) is 14.4. The quantitative estimate of drug-likeness (QED) is 0.778. The van der Waals surface area contributed by atoms with Crippen LogP contribution < -0.4 is 0 Å². The van der Waals surface area contributed by atoms with Gasteiger partial charge in [-0.2, -0.15) is 4.31 Å². The molecular weight excluding hydrogens is 320 g/mol. The fraction of sp³-hybridized carbons (Fsp3) is 0.733. The molecule has 7 nitrogen and oxygen atoms in total. The molecule has 3 atom stereocenters. The van der Waals surface area contributed by atoms with Crippen LogP contribution in [0.25, 0.3) is 0 Å². The van der Waals surface area contributed by atoms with Gasteiger partial charge in [0.15, 0.2) is 5.76 Å². The smallest absolute Gasteiger partial charge is 0.324 e. The number of nitrogens with zero attached hydrogens (tertiary/aromatic N) is 2. The minimum Gasteiger partial charge on any atom is -0.468 e. The van der Waals surface area contributed by atoms with Crippen LogP contribution >= 0.6 is 0 Å². The zero-order chi connectivity index (χ0) is 16.8. The van der Waals surface area contributed by atoms with Crippen LogP contribution in [0, 0.1) is 19.8 Å². The SMILES string of the molecule is COC(=O)C1CC2CCCCC2N1S(=O)(=O)c1c(C)noc1C. The highest BCUT2D eigenvalue weighted by molar-refractivity contribution is 7.89. The lowest BCUT2D eigenvalue weighted by Crippen LogP contribution is -2.46. The van der Waals surface area contributed by atoms with Crippen molar-refractivity contribution < 1.29 is 22.5 Å². The molecule has 2 fully saturated rings. The first-order valence-electron chi connectivity index (χ1n) is 7.92. The second kappa shape index (κ2) is 5.90. The van der Waals surface area contributed by atoms with Crippen LogP contribution in [-0.4, -0.2) is 43.0 Å². The molecule has 8 heteroatoms. The van der Waals surface area contributed by atoms with Gasteiger partial charge in [0.25, 0.3) is 0 Å². The summed E-state index contributed by atoms with van der Waals surface area (Å²) in [6.45, 7) is 3.18. The number of aryl methyl sites for hydroxylation is 2. The highest BCUT2D eigenvalue weighted by atomic mass is 32.2. The molecule has 0 radical (unpaired) electrons. The van der Waals surface area contributed by atoms with Crippen LogP contribution in [0.4, 0.5) is 0 Å². The molecule has 2 heterocycles. The van der Waals surface area contributed by atoms with Gasteiger partial charge in [-0.1, -0.05) is 18.0 Å². The molecule has 1 aliphatic carbocycles. The third-order valence-corrected chi connectivity index (χ3v) is 7.18. The summed E-state index contributed by atoms with van der Waals surface area (Å²) in [5.41, 5.74) is 0.324. The van der Waals surface area contributed by atoms with Crippen molar-refractivity contribution in [3.05, 3.63) is 11.5 Å². The van der Waals surface area contributed by atoms with E-state index in [0.29, 0.717) is 12.1 Å². The molecule has 1 aromatic heterocycles. The van der Waals surface area contributed by atoms with Gasteiger partial charge in [-0.15, -0.1) is 0 Å². The number of hydrogen-bond donors (Lipinski definition) is 0. The molecule has 3 unspecified atom stereocenters. The van der Waals surface area contributed by atoms with Crippen LogP contribution in [0.2, 0.25) is 0 Å². The average Bonchev–Trinajstić information content (AvgIpc) is 3.07. The largest absolute Gasteiger partial charge is 0.468 e. The van der Waals surface area contributed by atoms with E-state index >= 15 is 0 Å². The molecule has 3 rings (SSSR count). The van der Waals surface area contributed by atoms with E-state index in [1.54, 1.807) is 13.8 Å². The molecule has 0 aromatic carbocycles. The van der Waals surface area contributed by atoms with Gasteiger partial charge < -0.3 is 9.26 Å². The summed E-state index contributed by atoms with van der Waals surface area (Å²) >= 11 is 0. The van der Waals surface area contributed by atoms with Crippen molar-refractivity contribution in [1.29, 1.82) is 0 Å². The summed E-state index contributed by atoms with van der Waals surface area (Å²) in [7, 11) is -2.56. The predicted octanol–water partition coefficient (Wildman–Crippen LogP) is 1.79. The summed E-state index contributed by atoms with van der Waals surface area (Å²) in [4.78, 5) is 12.3. The minimum atomic E-state index is -3.86. The lowest BCUT2D eigenvalue weighted by molar-refractivity contribution is -0.144. The Morgan fingerprint density at radius 2 is 2.00 bits per heavy atom. The number of ether oxygens (including phenoxy) is 1. The fourth-order valence-electron chi connectivity index (χ4n) is 4.05. The summed E-state index contributed by atoms with van der Waals surface area (Å²) < 4.78 is 37.7. The zero-order valence-electron chi connectivity index (χ0n) is 13.6. The number of fused-ring (bicyclic) bond motifs is 1. The lowest BCUT2D eigenvalue weighted by Gasteiger charge is -2.32. The number of hydrogen-bond acceptors (Lipinski definition) is 6. The molecule has 1 aliphatic heterocycles. The van der Waals surface area contributed by atoms with Gasteiger partial charge in [0.2, 0.25) is 10.0 Å². The Bertz CT molecular complexity index is 692. The van der Waals surface area contributed by atoms with Crippen molar-refractivity contribution in [2.45, 2.75) is 62.9 Å². The van der Waals surface area contributed by atoms with Gasteiger partial charge in [-0.3, -0.25) is 4.79 Å². The molecule has 128 valence electrons. The van der Waals surface area contributed by atoms with Crippen molar-refractivity contribution in [1.82, 2.24) is 9.46 Å². The van der Waals surface area contributed by atoms with Gasteiger partial charge in [0.1, 0.15) is 16.6 Å². The van der Waals surface area contributed by atoms with Crippen LogP contribution in [0.5, 0.6) is 0 Å². The number of carbonyl (C=O) groups is 1. The topological polar surface area (TPSA) is 89.7 Å². The Morgan fingerprint density at radius 1 is 1.30 bits per heavy atom. The van der Waals surface area contributed by atoms with E-state index in [1.165, 1.54) is 11.4 Å². The summed E-state index contributed by atoms with van der Waals surface area (Å²) in [5.74, 6) is -0.0248. The van der Waals surface area contributed by atoms with Gasteiger partial charge in [-0.05, 0) is 39.0 Å².